The Bertz CT molecular complexity index is 3230. The molecule has 2 heteroatoms. The molecule has 0 radical (unpaired) electrons. The summed E-state index contributed by atoms with van der Waals surface area (Å²) in [6.45, 7) is 0. The van der Waals surface area contributed by atoms with Crippen LogP contribution in [0.3, 0.4) is 0 Å². The lowest BCUT2D eigenvalue weighted by atomic mass is 9.85. The SMILES string of the molecule is C1=CC=C(N(c2ccccc2)c2ccc3cc(-c4c5ccccc5c(-c5ccc6cc(N(c7ccccc7)c7ccccc7)ccc6c5)c5ccccc45)ccc3c2)CC=C1. The van der Waals surface area contributed by atoms with E-state index in [0.717, 1.165) is 34.9 Å². The topological polar surface area (TPSA) is 6.48 Å². The molecule has 0 saturated heterocycles. The second kappa shape index (κ2) is 15.7. The minimum atomic E-state index is 0.859. The first-order valence-corrected chi connectivity index (χ1v) is 21.1. The first kappa shape index (κ1) is 36.2. The summed E-state index contributed by atoms with van der Waals surface area (Å²) in [6, 6.07) is 77.4. The fourth-order valence-electron chi connectivity index (χ4n) is 9.20. The summed E-state index contributed by atoms with van der Waals surface area (Å²) in [4.78, 5) is 4.70. The lowest BCUT2D eigenvalue weighted by molar-refractivity contribution is 1.08. The highest BCUT2D eigenvalue weighted by Crippen LogP contribution is 2.45. The smallest absolute Gasteiger partial charge is 0.0468 e. The maximum atomic E-state index is 2.38. The Kier molecular flexibility index (Phi) is 9.29. The van der Waals surface area contributed by atoms with Crippen molar-refractivity contribution < 1.29 is 0 Å². The van der Waals surface area contributed by atoms with Gasteiger partial charge < -0.3 is 9.80 Å². The van der Waals surface area contributed by atoms with Crippen LogP contribution in [0.15, 0.2) is 248 Å². The number of rotatable bonds is 8. The van der Waals surface area contributed by atoms with Gasteiger partial charge in [0.1, 0.15) is 0 Å². The molecular weight excluding hydrogens is 737 g/mol. The van der Waals surface area contributed by atoms with E-state index >= 15 is 0 Å². The zero-order valence-corrected chi connectivity index (χ0v) is 33.7. The summed E-state index contributed by atoms with van der Waals surface area (Å²) in [5.41, 5.74) is 11.9. The zero-order valence-electron chi connectivity index (χ0n) is 33.7. The van der Waals surface area contributed by atoms with Crippen LogP contribution < -0.4 is 9.80 Å². The van der Waals surface area contributed by atoms with E-state index in [0.29, 0.717) is 0 Å². The van der Waals surface area contributed by atoms with Crippen LogP contribution in [0, 0.1) is 0 Å². The molecule has 0 heterocycles. The van der Waals surface area contributed by atoms with Gasteiger partial charge in [-0.25, -0.2) is 0 Å². The molecule has 0 N–H and O–H groups in total. The minimum absolute atomic E-state index is 0.859. The predicted molar refractivity (Wildman–Crippen MR) is 262 cm³/mol. The Morgan fingerprint density at radius 1 is 0.295 bits per heavy atom. The number of benzene rings is 10. The summed E-state index contributed by atoms with van der Waals surface area (Å²) in [6.07, 6.45) is 11.7. The third kappa shape index (κ3) is 6.75. The van der Waals surface area contributed by atoms with Crippen molar-refractivity contribution in [2.75, 3.05) is 9.80 Å². The third-order valence-electron chi connectivity index (χ3n) is 12.0. The number of hydrogen-bond donors (Lipinski definition) is 0. The average molecular weight is 779 g/mol. The van der Waals surface area contributed by atoms with Crippen molar-refractivity contribution in [3.8, 4) is 22.3 Å². The molecule has 10 aromatic carbocycles. The molecule has 0 unspecified atom stereocenters. The highest BCUT2D eigenvalue weighted by molar-refractivity contribution is 6.22. The van der Waals surface area contributed by atoms with Gasteiger partial charge in [0.05, 0.1) is 0 Å². The molecule has 0 aliphatic heterocycles. The van der Waals surface area contributed by atoms with Crippen LogP contribution in [0.5, 0.6) is 0 Å². The molecule has 1 aliphatic rings. The average Bonchev–Trinajstić information content (AvgIpc) is 3.61. The highest BCUT2D eigenvalue weighted by atomic mass is 15.1. The Morgan fingerprint density at radius 2 is 0.689 bits per heavy atom. The summed E-state index contributed by atoms with van der Waals surface area (Å²) in [5, 5.41) is 9.84. The Morgan fingerprint density at radius 3 is 1.16 bits per heavy atom. The molecule has 0 spiro atoms. The van der Waals surface area contributed by atoms with E-state index in [4.69, 9.17) is 0 Å². The van der Waals surface area contributed by atoms with Crippen LogP contribution in [0.2, 0.25) is 0 Å². The number of para-hydroxylation sites is 3. The van der Waals surface area contributed by atoms with Crippen molar-refractivity contribution in [2.24, 2.45) is 0 Å². The maximum Gasteiger partial charge on any atom is 0.0468 e. The van der Waals surface area contributed by atoms with Gasteiger partial charge in [0.15, 0.2) is 0 Å². The van der Waals surface area contributed by atoms with E-state index < -0.39 is 0 Å². The molecule has 1 aliphatic carbocycles. The standard InChI is InChI=1S/C59H42N2/c1-2-7-19-48(18-6-1)60(49-20-8-3-9-21-49)52-36-34-42-38-46(32-30-44(42)40-52)58-54-26-14-16-28-56(54)59(57-29-17-15-27-55(57)58)47-33-31-45-41-53(37-35-43(45)39-47)61(50-22-10-4-11-23-50)51-24-12-5-13-25-51/h1-18,20-41H,19H2. The number of nitrogens with zero attached hydrogens (tertiary/aromatic N) is 2. The molecule has 0 saturated carbocycles. The lowest BCUT2D eigenvalue weighted by Gasteiger charge is -2.27. The van der Waals surface area contributed by atoms with Gasteiger partial charge >= 0.3 is 0 Å². The van der Waals surface area contributed by atoms with E-state index in [1.807, 2.05) is 0 Å². The van der Waals surface area contributed by atoms with Gasteiger partial charge in [0, 0.05) is 40.6 Å². The number of fused-ring (bicyclic) bond motifs is 4. The van der Waals surface area contributed by atoms with E-state index in [9.17, 15) is 0 Å². The van der Waals surface area contributed by atoms with E-state index in [1.54, 1.807) is 0 Å². The number of anilines is 5. The van der Waals surface area contributed by atoms with E-state index in [2.05, 4.69) is 253 Å². The highest BCUT2D eigenvalue weighted by Gasteiger charge is 2.19. The molecule has 0 aromatic heterocycles. The summed E-state index contributed by atoms with van der Waals surface area (Å²) < 4.78 is 0. The van der Waals surface area contributed by atoms with Gasteiger partial charge in [-0.2, -0.15) is 0 Å². The Labute approximate surface area is 356 Å². The zero-order chi connectivity index (χ0) is 40.5. The number of allylic oxidation sites excluding steroid dienone is 5. The third-order valence-corrected chi connectivity index (χ3v) is 12.0. The van der Waals surface area contributed by atoms with Crippen molar-refractivity contribution >= 4 is 71.5 Å². The van der Waals surface area contributed by atoms with Crippen molar-refractivity contribution in [1.29, 1.82) is 0 Å². The molecule has 0 fully saturated rings. The predicted octanol–water partition coefficient (Wildman–Crippen LogP) is 16.6. The van der Waals surface area contributed by atoms with Crippen LogP contribution in [-0.2, 0) is 0 Å². The van der Waals surface area contributed by atoms with Crippen LogP contribution in [-0.4, -0.2) is 0 Å². The van der Waals surface area contributed by atoms with E-state index in [1.165, 1.54) is 71.0 Å². The molecule has 0 bridgehead atoms. The second-order valence-electron chi connectivity index (χ2n) is 15.7. The first-order chi connectivity index (χ1) is 30.3. The summed E-state index contributed by atoms with van der Waals surface area (Å²) in [5.74, 6) is 0. The molecule has 10 aromatic rings. The van der Waals surface area contributed by atoms with Gasteiger partial charge in [0.2, 0.25) is 0 Å². The largest absolute Gasteiger partial charge is 0.314 e. The summed E-state index contributed by atoms with van der Waals surface area (Å²) >= 11 is 0. The minimum Gasteiger partial charge on any atom is -0.314 e. The summed E-state index contributed by atoms with van der Waals surface area (Å²) in [7, 11) is 0. The fraction of sp³-hybridized carbons (Fsp3) is 0.0169. The molecule has 0 atom stereocenters. The fourth-order valence-corrected chi connectivity index (χ4v) is 9.20. The van der Waals surface area contributed by atoms with Gasteiger partial charge in [-0.05, 0) is 144 Å². The monoisotopic (exact) mass is 778 g/mol. The van der Waals surface area contributed by atoms with Crippen LogP contribution in [0.4, 0.5) is 28.4 Å². The van der Waals surface area contributed by atoms with Gasteiger partial charge in [-0.1, -0.05) is 164 Å². The quantitative estimate of drug-likeness (QED) is 0.142. The van der Waals surface area contributed by atoms with E-state index in [-0.39, 0.29) is 0 Å². The Hall–Kier alpha value is -7.94. The molecule has 0 amide bonds. The molecular formula is C59H42N2. The molecule has 2 nitrogen and oxygen atoms in total. The van der Waals surface area contributed by atoms with Crippen LogP contribution in [0.1, 0.15) is 6.42 Å². The van der Waals surface area contributed by atoms with Crippen LogP contribution >= 0.6 is 0 Å². The van der Waals surface area contributed by atoms with Crippen molar-refractivity contribution in [3.63, 3.8) is 0 Å². The van der Waals surface area contributed by atoms with Gasteiger partial charge in [-0.3, -0.25) is 0 Å². The van der Waals surface area contributed by atoms with Crippen LogP contribution in [0.25, 0.3) is 65.3 Å². The van der Waals surface area contributed by atoms with Crippen molar-refractivity contribution in [2.45, 2.75) is 6.42 Å². The first-order valence-electron chi connectivity index (χ1n) is 21.1. The van der Waals surface area contributed by atoms with Gasteiger partial charge in [0.25, 0.3) is 0 Å². The van der Waals surface area contributed by atoms with Gasteiger partial charge in [-0.15, -0.1) is 0 Å². The molecule has 11 rings (SSSR count). The molecule has 288 valence electrons. The van der Waals surface area contributed by atoms with Crippen molar-refractivity contribution in [3.05, 3.63) is 248 Å². The molecule has 61 heavy (non-hydrogen) atoms. The second-order valence-corrected chi connectivity index (χ2v) is 15.7. The Balaban J connectivity index is 1.01. The lowest BCUT2D eigenvalue weighted by Crippen LogP contribution is -2.16. The normalized spacial score (nSPS) is 12.5. The number of hydrogen-bond acceptors (Lipinski definition) is 2. The van der Waals surface area contributed by atoms with Crippen molar-refractivity contribution in [1.82, 2.24) is 0 Å². The maximum absolute atomic E-state index is 2.38.